The van der Waals surface area contributed by atoms with Crippen LogP contribution in [0.2, 0.25) is 0 Å². The van der Waals surface area contributed by atoms with Crippen LogP contribution in [-0.4, -0.2) is 16.0 Å². The van der Waals surface area contributed by atoms with Crippen LogP contribution in [0, 0.1) is 5.41 Å². The summed E-state index contributed by atoms with van der Waals surface area (Å²) in [6.45, 7) is 3.12. The molecular weight excluding hydrogens is 120 g/mol. The van der Waals surface area contributed by atoms with Gasteiger partial charge in [0.05, 0.1) is 5.41 Å². The molecule has 0 radical (unpaired) electrons. The van der Waals surface area contributed by atoms with E-state index >= 15 is 0 Å². The second kappa shape index (κ2) is 1.29. The molecule has 9 heavy (non-hydrogen) atoms. The van der Waals surface area contributed by atoms with E-state index in [1.165, 1.54) is 0 Å². The molecule has 0 atom stereocenters. The molecule has 0 unspecified atom stereocenters. The van der Waals surface area contributed by atoms with Gasteiger partial charge >= 0.3 is 0 Å². The van der Waals surface area contributed by atoms with Gasteiger partial charge in [0.2, 0.25) is 5.78 Å². The molecule has 0 aromatic rings. The first-order valence-corrected chi connectivity index (χ1v) is 2.65. The third-order valence-electron chi connectivity index (χ3n) is 1.60. The van der Waals surface area contributed by atoms with Gasteiger partial charge in [-0.2, -0.15) is 0 Å². The molecular formula is C6H8O3. The van der Waals surface area contributed by atoms with Crippen molar-refractivity contribution < 1.29 is 15.0 Å². The largest absolute Gasteiger partial charge is 0.507 e. The molecule has 0 aliphatic heterocycles. The highest BCUT2D eigenvalue weighted by atomic mass is 16.3. The van der Waals surface area contributed by atoms with E-state index in [9.17, 15) is 4.79 Å². The SMILES string of the molecule is CC1(C)C(=O)C(O)=C1O. The number of aliphatic hydroxyl groups is 2. The lowest BCUT2D eigenvalue weighted by Gasteiger charge is -2.30. The van der Waals surface area contributed by atoms with E-state index in [1.54, 1.807) is 13.8 Å². The summed E-state index contributed by atoms with van der Waals surface area (Å²) < 4.78 is 0. The van der Waals surface area contributed by atoms with Crippen molar-refractivity contribution in [3.63, 3.8) is 0 Å². The molecule has 0 fully saturated rings. The number of carbonyl (C=O) groups excluding carboxylic acids is 1. The second-order valence-electron chi connectivity index (χ2n) is 2.65. The van der Waals surface area contributed by atoms with Crippen LogP contribution in [0.15, 0.2) is 11.5 Å². The number of rotatable bonds is 0. The van der Waals surface area contributed by atoms with Crippen LogP contribution in [0.4, 0.5) is 0 Å². The molecule has 50 valence electrons. The normalized spacial score (nSPS) is 24.0. The van der Waals surface area contributed by atoms with Gasteiger partial charge in [-0.05, 0) is 13.8 Å². The highest BCUT2D eigenvalue weighted by Crippen LogP contribution is 2.38. The Morgan fingerprint density at radius 3 is 1.89 bits per heavy atom. The summed E-state index contributed by atoms with van der Waals surface area (Å²) in [5.41, 5.74) is -0.843. The number of hydrogen-bond acceptors (Lipinski definition) is 3. The molecule has 0 aromatic heterocycles. The lowest BCUT2D eigenvalue weighted by Crippen LogP contribution is -2.39. The third kappa shape index (κ3) is 0.487. The van der Waals surface area contributed by atoms with Crippen LogP contribution < -0.4 is 0 Å². The van der Waals surface area contributed by atoms with E-state index in [0.717, 1.165) is 0 Å². The topological polar surface area (TPSA) is 57.5 Å². The van der Waals surface area contributed by atoms with Crippen LogP contribution in [-0.2, 0) is 4.79 Å². The zero-order chi connectivity index (χ0) is 7.23. The number of ketones is 1. The number of Topliss-reactive ketones (excluding diaryl/α,β-unsaturated/α-hetero) is 1. The summed E-state index contributed by atoms with van der Waals surface area (Å²) in [5.74, 6) is -1.08. The average Bonchev–Trinajstić information content (AvgIpc) is 1.84. The molecule has 0 bridgehead atoms. The van der Waals surface area contributed by atoms with Gasteiger partial charge in [-0.25, -0.2) is 0 Å². The Labute approximate surface area is 52.6 Å². The molecule has 1 aliphatic rings. The maximum absolute atomic E-state index is 10.6. The van der Waals surface area contributed by atoms with Crippen LogP contribution in [0.25, 0.3) is 0 Å². The number of allylic oxidation sites excluding steroid dienone is 2. The van der Waals surface area contributed by atoms with Crippen LogP contribution in [0.1, 0.15) is 13.8 Å². The minimum atomic E-state index is -0.843. The molecule has 1 aliphatic carbocycles. The first-order chi connectivity index (χ1) is 3.98. The van der Waals surface area contributed by atoms with Gasteiger partial charge in [0.15, 0.2) is 11.5 Å². The van der Waals surface area contributed by atoms with E-state index in [-0.39, 0.29) is 11.5 Å². The molecule has 3 heteroatoms. The van der Waals surface area contributed by atoms with Crippen LogP contribution >= 0.6 is 0 Å². The van der Waals surface area contributed by atoms with Crippen molar-refractivity contribution >= 4 is 5.78 Å². The van der Waals surface area contributed by atoms with Crippen molar-refractivity contribution in [2.45, 2.75) is 13.8 Å². The van der Waals surface area contributed by atoms with Crippen LogP contribution in [0.3, 0.4) is 0 Å². The molecule has 0 saturated heterocycles. The molecule has 3 nitrogen and oxygen atoms in total. The molecule has 0 saturated carbocycles. The summed E-state index contributed by atoms with van der Waals surface area (Å²) in [6.07, 6.45) is 0. The Morgan fingerprint density at radius 1 is 1.33 bits per heavy atom. The number of aliphatic hydroxyl groups excluding tert-OH is 2. The standard InChI is InChI=1S/C6H8O3/c1-6(2)4(8)3(7)5(6)9/h7-8H,1-2H3. The Morgan fingerprint density at radius 2 is 1.78 bits per heavy atom. The first-order valence-electron chi connectivity index (χ1n) is 2.65. The van der Waals surface area contributed by atoms with Gasteiger partial charge in [-0.3, -0.25) is 4.79 Å². The molecule has 0 spiro atoms. The molecule has 1 rings (SSSR count). The highest BCUT2D eigenvalue weighted by Gasteiger charge is 2.47. The predicted octanol–water partition coefficient (Wildman–Crippen LogP) is 0.923. The van der Waals surface area contributed by atoms with E-state index in [1.807, 2.05) is 0 Å². The first kappa shape index (κ1) is 6.13. The molecule has 0 heterocycles. The van der Waals surface area contributed by atoms with Gasteiger partial charge in [0, 0.05) is 0 Å². The fraction of sp³-hybridized carbons (Fsp3) is 0.500. The van der Waals surface area contributed by atoms with Crippen LogP contribution in [0.5, 0.6) is 0 Å². The van der Waals surface area contributed by atoms with Crippen molar-refractivity contribution in [1.82, 2.24) is 0 Å². The van der Waals surface area contributed by atoms with Crippen molar-refractivity contribution in [2.24, 2.45) is 5.41 Å². The second-order valence-corrected chi connectivity index (χ2v) is 2.65. The van der Waals surface area contributed by atoms with Crippen molar-refractivity contribution in [3.05, 3.63) is 11.5 Å². The molecule has 2 N–H and O–H groups in total. The van der Waals surface area contributed by atoms with E-state index < -0.39 is 11.2 Å². The van der Waals surface area contributed by atoms with E-state index in [2.05, 4.69) is 0 Å². The Balaban J connectivity index is 3.06. The third-order valence-corrected chi connectivity index (χ3v) is 1.60. The summed E-state index contributed by atoms with van der Waals surface area (Å²) in [6, 6.07) is 0. The Kier molecular flexibility index (Phi) is 0.879. The number of hydrogen-bond donors (Lipinski definition) is 2. The maximum Gasteiger partial charge on any atom is 0.213 e. The number of carbonyl (C=O) groups is 1. The predicted molar refractivity (Wildman–Crippen MR) is 31.1 cm³/mol. The van der Waals surface area contributed by atoms with Gasteiger partial charge < -0.3 is 10.2 Å². The van der Waals surface area contributed by atoms with E-state index in [4.69, 9.17) is 10.2 Å². The quantitative estimate of drug-likeness (QED) is 0.510. The highest BCUT2D eigenvalue weighted by molar-refractivity contribution is 6.06. The van der Waals surface area contributed by atoms with Gasteiger partial charge in [0.1, 0.15) is 0 Å². The van der Waals surface area contributed by atoms with Crippen molar-refractivity contribution in [3.8, 4) is 0 Å². The zero-order valence-corrected chi connectivity index (χ0v) is 5.30. The van der Waals surface area contributed by atoms with Crippen molar-refractivity contribution in [1.29, 1.82) is 0 Å². The summed E-state index contributed by atoms with van der Waals surface area (Å²) in [7, 11) is 0. The lowest BCUT2D eigenvalue weighted by molar-refractivity contribution is -0.130. The van der Waals surface area contributed by atoms with Crippen molar-refractivity contribution in [2.75, 3.05) is 0 Å². The summed E-state index contributed by atoms with van der Waals surface area (Å²) >= 11 is 0. The lowest BCUT2D eigenvalue weighted by atomic mass is 9.75. The monoisotopic (exact) mass is 128 g/mol. The average molecular weight is 128 g/mol. The van der Waals surface area contributed by atoms with Gasteiger partial charge in [0.25, 0.3) is 0 Å². The van der Waals surface area contributed by atoms with E-state index in [0.29, 0.717) is 0 Å². The maximum atomic E-state index is 10.6. The Hall–Kier alpha value is -0.990. The fourth-order valence-corrected chi connectivity index (χ4v) is 0.745. The minimum Gasteiger partial charge on any atom is -0.507 e. The fourth-order valence-electron chi connectivity index (χ4n) is 0.745. The van der Waals surface area contributed by atoms with Gasteiger partial charge in [-0.1, -0.05) is 0 Å². The smallest absolute Gasteiger partial charge is 0.213 e. The van der Waals surface area contributed by atoms with Gasteiger partial charge in [-0.15, -0.1) is 0 Å². The summed E-state index contributed by atoms with van der Waals surface area (Å²) in [4.78, 5) is 10.6. The zero-order valence-electron chi connectivity index (χ0n) is 5.30. The Bertz CT molecular complexity index is 200. The molecule has 0 aromatic carbocycles. The molecule has 0 amide bonds. The summed E-state index contributed by atoms with van der Waals surface area (Å²) in [5, 5.41) is 17.4. The minimum absolute atomic E-state index is 0.201.